The molecule has 0 atom stereocenters. The fraction of sp³-hybridized carbons (Fsp3) is 0.312. The van der Waals surface area contributed by atoms with Gasteiger partial charge in [-0.1, -0.05) is 18.2 Å². The zero-order valence-electron chi connectivity index (χ0n) is 13.0. The van der Waals surface area contributed by atoms with Gasteiger partial charge in [-0.05, 0) is 24.5 Å². The summed E-state index contributed by atoms with van der Waals surface area (Å²) in [6, 6.07) is 5.04. The molecule has 1 aromatic heterocycles. The van der Waals surface area contributed by atoms with E-state index in [9.17, 15) is 22.8 Å². The average Bonchev–Trinajstić information content (AvgIpc) is 3.02. The molecule has 9 heteroatoms. The number of carbonyl (C=O) groups excluding carboxylic acids is 1. The van der Waals surface area contributed by atoms with Crippen LogP contribution in [0.5, 0.6) is 0 Å². The molecule has 0 bridgehead atoms. The predicted molar refractivity (Wildman–Crippen MR) is 85.3 cm³/mol. The maximum absolute atomic E-state index is 12.6. The highest BCUT2D eigenvalue weighted by Gasteiger charge is 2.30. The number of aryl methyl sites for hydroxylation is 1. The van der Waals surface area contributed by atoms with Crippen molar-refractivity contribution in [2.24, 2.45) is 0 Å². The molecule has 0 saturated heterocycles. The first kappa shape index (κ1) is 18.9. The van der Waals surface area contributed by atoms with Crippen molar-refractivity contribution in [2.75, 3.05) is 0 Å². The molecule has 0 saturated carbocycles. The molecule has 1 aromatic carbocycles. The Labute approximate surface area is 145 Å². The summed E-state index contributed by atoms with van der Waals surface area (Å²) in [6.07, 6.45) is -3.45. The van der Waals surface area contributed by atoms with E-state index < -0.39 is 17.7 Å². The van der Waals surface area contributed by atoms with Crippen LogP contribution in [-0.2, 0) is 23.9 Å². The number of hydrogen-bond donors (Lipinski definition) is 2. The highest BCUT2D eigenvalue weighted by molar-refractivity contribution is 7.09. The van der Waals surface area contributed by atoms with Crippen LogP contribution in [0.4, 0.5) is 13.2 Å². The molecular weight excluding hydrogens is 357 g/mol. The lowest BCUT2D eigenvalue weighted by Crippen LogP contribution is -2.22. The van der Waals surface area contributed by atoms with Crippen molar-refractivity contribution in [3.05, 3.63) is 51.5 Å². The first-order valence-electron chi connectivity index (χ1n) is 7.36. The second kappa shape index (κ2) is 8.11. The van der Waals surface area contributed by atoms with Crippen LogP contribution in [0.3, 0.4) is 0 Å². The third-order valence-electron chi connectivity index (χ3n) is 3.33. The average molecular weight is 372 g/mol. The topological polar surface area (TPSA) is 79.3 Å². The molecule has 25 heavy (non-hydrogen) atoms. The molecule has 0 fully saturated rings. The van der Waals surface area contributed by atoms with E-state index in [1.54, 1.807) is 6.07 Å². The van der Waals surface area contributed by atoms with Crippen molar-refractivity contribution in [3.8, 4) is 0 Å². The van der Waals surface area contributed by atoms with Gasteiger partial charge in [0.25, 0.3) is 0 Å². The van der Waals surface area contributed by atoms with E-state index in [0.29, 0.717) is 23.4 Å². The largest absolute Gasteiger partial charge is 0.476 e. The Bertz CT molecular complexity index is 759. The summed E-state index contributed by atoms with van der Waals surface area (Å²) in [6.45, 7) is 0.125. The van der Waals surface area contributed by atoms with E-state index in [0.717, 1.165) is 23.5 Å². The van der Waals surface area contributed by atoms with Gasteiger partial charge in [0, 0.05) is 11.8 Å². The molecule has 0 unspecified atom stereocenters. The monoisotopic (exact) mass is 372 g/mol. The summed E-state index contributed by atoms with van der Waals surface area (Å²) in [5.41, 5.74) is -0.250. The van der Waals surface area contributed by atoms with Gasteiger partial charge >= 0.3 is 12.1 Å². The van der Waals surface area contributed by atoms with Crippen LogP contribution in [0.15, 0.2) is 29.6 Å². The Morgan fingerprint density at radius 3 is 2.68 bits per heavy atom. The minimum atomic E-state index is -4.38. The lowest BCUT2D eigenvalue weighted by molar-refractivity contribution is -0.137. The fourth-order valence-corrected chi connectivity index (χ4v) is 2.82. The van der Waals surface area contributed by atoms with Crippen molar-refractivity contribution >= 4 is 23.2 Å². The third kappa shape index (κ3) is 5.86. The Kier molecular flexibility index (Phi) is 6.13. The van der Waals surface area contributed by atoms with Crippen LogP contribution in [0.2, 0.25) is 0 Å². The molecule has 2 rings (SSSR count). The van der Waals surface area contributed by atoms with Gasteiger partial charge in [0.2, 0.25) is 5.91 Å². The summed E-state index contributed by atoms with van der Waals surface area (Å²) in [7, 11) is 0. The summed E-state index contributed by atoms with van der Waals surface area (Å²) < 4.78 is 37.9. The predicted octanol–water partition coefficient (Wildman–Crippen LogP) is 3.50. The molecule has 1 heterocycles. The lowest BCUT2D eigenvalue weighted by Gasteiger charge is -2.08. The molecule has 134 valence electrons. The van der Waals surface area contributed by atoms with Crippen molar-refractivity contribution in [1.29, 1.82) is 0 Å². The normalized spacial score (nSPS) is 11.3. The number of nitrogens with zero attached hydrogens (tertiary/aromatic N) is 1. The van der Waals surface area contributed by atoms with Gasteiger partial charge in [-0.15, -0.1) is 11.3 Å². The van der Waals surface area contributed by atoms with Gasteiger partial charge in [0.1, 0.15) is 5.01 Å². The third-order valence-corrected chi connectivity index (χ3v) is 4.18. The molecule has 1 amide bonds. The molecule has 0 aliphatic rings. The minimum absolute atomic E-state index is 0.0706. The van der Waals surface area contributed by atoms with Crippen molar-refractivity contribution in [3.63, 3.8) is 0 Å². The van der Waals surface area contributed by atoms with E-state index in [-0.39, 0.29) is 24.6 Å². The smallest absolute Gasteiger partial charge is 0.416 e. The number of carbonyl (C=O) groups is 2. The zero-order chi connectivity index (χ0) is 18.4. The number of aromatic nitrogens is 1. The van der Waals surface area contributed by atoms with Crippen molar-refractivity contribution in [2.45, 2.75) is 32.0 Å². The Morgan fingerprint density at radius 2 is 2.04 bits per heavy atom. The number of alkyl halides is 3. The van der Waals surface area contributed by atoms with Gasteiger partial charge in [-0.25, -0.2) is 9.78 Å². The van der Waals surface area contributed by atoms with Gasteiger partial charge in [0.15, 0.2) is 5.69 Å². The molecule has 2 aromatic rings. The van der Waals surface area contributed by atoms with Crippen LogP contribution >= 0.6 is 11.3 Å². The van der Waals surface area contributed by atoms with Crippen molar-refractivity contribution in [1.82, 2.24) is 10.3 Å². The zero-order valence-corrected chi connectivity index (χ0v) is 13.8. The van der Waals surface area contributed by atoms with Gasteiger partial charge in [0.05, 0.1) is 12.1 Å². The maximum atomic E-state index is 12.6. The van der Waals surface area contributed by atoms with E-state index in [1.165, 1.54) is 11.4 Å². The number of thiazole rings is 1. The molecule has 2 N–H and O–H groups in total. The number of amides is 1. The number of rotatable bonds is 7. The summed E-state index contributed by atoms with van der Waals surface area (Å²) in [4.78, 5) is 26.3. The number of nitrogens with one attached hydrogen (secondary N) is 1. The van der Waals surface area contributed by atoms with E-state index in [4.69, 9.17) is 5.11 Å². The molecule has 0 aliphatic heterocycles. The quantitative estimate of drug-likeness (QED) is 0.780. The lowest BCUT2D eigenvalue weighted by atomic mass is 10.0. The van der Waals surface area contributed by atoms with Crippen LogP contribution < -0.4 is 5.32 Å². The second-order valence-electron chi connectivity index (χ2n) is 5.26. The first-order chi connectivity index (χ1) is 11.8. The highest BCUT2D eigenvalue weighted by Crippen LogP contribution is 2.29. The van der Waals surface area contributed by atoms with Crippen LogP contribution in [0.25, 0.3) is 0 Å². The maximum Gasteiger partial charge on any atom is 0.416 e. The molecular formula is C16H15F3N2O3S. The number of benzene rings is 1. The van der Waals surface area contributed by atoms with E-state index in [1.807, 2.05) is 0 Å². The van der Waals surface area contributed by atoms with Crippen LogP contribution in [-0.4, -0.2) is 22.0 Å². The Morgan fingerprint density at radius 1 is 1.28 bits per heavy atom. The SMILES string of the molecule is O=C(CCCc1cccc(C(F)(F)F)c1)NCc1nc(C(=O)O)cs1. The summed E-state index contributed by atoms with van der Waals surface area (Å²) in [5.74, 6) is -1.39. The number of aromatic carboxylic acids is 1. The van der Waals surface area contributed by atoms with Crippen LogP contribution in [0.1, 0.15) is 39.5 Å². The fourth-order valence-electron chi connectivity index (χ4n) is 2.11. The number of carboxylic acids is 1. The Hall–Kier alpha value is -2.42. The van der Waals surface area contributed by atoms with Gasteiger partial charge < -0.3 is 10.4 Å². The molecule has 0 spiro atoms. The van der Waals surface area contributed by atoms with Gasteiger partial charge in [-0.2, -0.15) is 13.2 Å². The second-order valence-corrected chi connectivity index (χ2v) is 6.20. The molecule has 0 aliphatic carbocycles. The number of hydrogen-bond acceptors (Lipinski definition) is 4. The van der Waals surface area contributed by atoms with E-state index in [2.05, 4.69) is 10.3 Å². The minimum Gasteiger partial charge on any atom is -0.476 e. The number of carboxylic acid groups (broad SMARTS) is 1. The summed E-state index contributed by atoms with van der Waals surface area (Å²) >= 11 is 1.13. The molecule has 5 nitrogen and oxygen atoms in total. The van der Waals surface area contributed by atoms with Crippen LogP contribution in [0, 0.1) is 0 Å². The first-order valence-corrected chi connectivity index (χ1v) is 8.24. The van der Waals surface area contributed by atoms with E-state index >= 15 is 0 Å². The van der Waals surface area contributed by atoms with Crippen molar-refractivity contribution < 1.29 is 27.9 Å². The number of halogens is 3. The molecule has 0 radical (unpaired) electrons. The highest BCUT2D eigenvalue weighted by atomic mass is 32.1. The van der Waals surface area contributed by atoms with Gasteiger partial charge in [-0.3, -0.25) is 4.79 Å². The standard InChI is InChI=1S/C16H15F3N2O3S/c17-16(18,19)11-5-1-3-10(7-11)4-2-6-13(22)20-8-14-21-12(9-25-14)15(23)24/h1,3,5,7,9H,2,4,6,8H2,(H,20,22)(H,23,24). The Balaban J connectivity index is 1.76. The summed E-state index contributed by atoms with van der Waals surface area (Å²) in [5, 5.41) is 13.2.